The van der Waals surface area contributed by atoms with Gasteiger partial charge in [-0.1, -0.05) is 12.1 Å². The Morgan fingerprint density at radius 1 is 1.30 bits per heavy atom. The van der Waals surface area contributed by atoms with Crippen molar-refractivity contribution in [2.45, 2.75) is 40.7 Å². The highest BCUT2D eigenvalue weighted by Gasteiger charge is 2.13. The quantitative estimate of drug-likeness (QED) is 0.738. The van der Waals surface area contributed by atoms with Crippen LogP contribution in [0.1, 0.15) is 40.4 Å². The van der Waals surface area contributed by atoms with Crippen LogP contribution in [0.15, 0.2) is 34.8 Å². The summed E-state index contributed by atoms with van der Waals surface area (Å²) in [6.07, 6.45) is 1.71. The molecule has 0 aliphatic heterocycles. The molecule has 0 spiro atoms. The molecule has 0 N–H and O–H groups in total. The number of benzene rings is 1. The van der Waals surface area contributed by atoms with Crippen molar-refractivity contribution in [2.75, 3.05) is 13.1 Å². The zero-order valence-electron chi connectivity index (χ0n) is 14.6. The highest BCUT2D eigenvalue weighted by Crippen LogP contribution is 2.32. The van der Waals surface area contributed by atoms with E-state index in [9.17, 15) is 4.79 Å². The van der Waals surface area contributed by atoms with E-state index in [1.54, 1.807) is 11.0 Å². The molecule has 1 heterocycles. The summed E-state index contributed by atoms with van der Waals surface area (Å²) in [6, 6.07) is 7.77. The molecule has 4 nitrogen and oxygen atoms in total. The second-order valence-corrected chi connectivity index (χ2v) is 5.79. The van der Waals surface area contributed by atoms with Crippen molar-refractivity contribution in [3.63, 3.8) is 0 Å². The molecule has 0 radical (unpaired) electrons. The molecule has 0 fully saturated rings. The molecule has 2 aromatic rings. The number of carbonyl (C=O) groups is 1. The molecule has 23 heavy (non-hydrogen) atoms. The Balaban J connectivity index is 2.35. The van der Waals surface area contributed by atoms with Gasteiger partial charge in [-0.05, 0) is 52.3 Å². The van der Waals surface area contributed by atoms with Crippen LogP contribution in [0.5, 0.6) is 5.75 Å². The minimum Gasteiger partial charge on any atom is -0.487 e. The van der Waals surface area contributed by atoms with Crippen LogP contribution in [-0.4, -0.2) is 30.0 Å². The van der Waals surface area contributed by atoms with Gasteiger partial charge in [0.15, 0.2) is 11.3 Å². The summed E-state index contributed by atoms with van der Waals surface area (Å²) in [6.45, 7) is 11.2. The number of amides is 1. The maximum absolute atomic E-state index is 12.2. The predicted molar refractivity (Wildman–Crippen MR) is 93.6 cm³/mol. The summed E-state index contributed by atoms with van der Waals surface area (Å²) >= 11 is 0. The zero-order valence-corrected chi connectivity index (χ0v) is 14.6. The standard InChI is InChI=1S/C19H25NO3/c1-6-20(7-2)18(21)11-14(5)17-12-15-9-8-10-16(19(15)23-17)22-13(3)4/h8-13H,6-7H2,1-5H3. The molecule has 124 valence electrons. The lowest BCUT2D eigenvalue weighted by Crippen LogP contribution is -2.28. The molecular weight excluding hydrogens is 290 g/mol. The van der Waals surface area contributed by atoms with E-state index in [1.165, 1.54) is 0 Å². The molecule has 4 heteroatoms. The summed E-state index contributed by atoms with van der Waals surface area (Å²) in [5, 5.41) is 0.973. The van der Waals surface area contributed by atoms with Crippen LogP contribution in [0.4, 0.5) is 0 Å². The Kier molecular flexibility index (Phi) is 5.48. The number of likely N-dealkylation sites (N-methyl/N-ethyl adjacent to an activating group) is 1. The van der Waals surface area contributed by atoms with Gasteiger partial charge in [0.1, 0.15) is 5.76 Å². The van der Waals surface area contributed by atoms with Gasteiger partial charge < -0.3 is 14.1 Å². The molecule has 0 bridgehead atoms. The minimum atomic E-state index is 0.00612. The molecule has 1 aromatic heterocycles. The molecule has 0 atom stereocenters. The Bertz CT molecular complexity index is 708. The Morgan fingerprint density at radius 3 is 2.61 bits per heavy atom. The fourth-order valence-electron chi connectivity index (χ4n) is 2.46. The van der Waals surface area contributed by atoms with E-state index in [0.717, 1.165) is 22.3 Å². The third-order valence-corrected chi connectivity index (χ3v) is 3.67. The molecular formula is C19H25NO3. The van der Waals surface area contributed by atoms with E-state index in [1.807, 2.05) is 58.9 Å². The Morgan fingerprint density at radius 2 is 2.00 bits per heavy atom. The molecule has 0 aliphatic rings. The monoisotopic (exact) mass is 315 g/mol. The third kappa shape index (κ3) is 3.95. The molecule has 0 saturated carbocycles. The van der Waals surface area contributed by atoms with Crippen molar-refractivity contribution in [3.05, 3.63) is 36.1 Å². The van der Waals surface area contributed by atoms with E-state index in [0.29, 0.717) is 18.8 Å². The molecule has 1 aromatic carbocycles. The highest BCUT2D eigenvalue weighted by molar-refractivity contribution is 5.95. The molecule has 1 amide bonds. The first kappa shape index (κ1) is 17.1. The van der Waals surface area contributed by atoms with E-state index < -0.39 is 0 Å². The first-order valence-electron chi connectivity index (χ1n) is 8.13. The van der Waals surface area contributed by atoms with Crippen LogP contribution in [0.2, 0.25) is 0 Å². The number of hydrogen-bond donors (Lipinski definition) is 0. The van der Waals surface area contributed by atoms with Gasteiger partial charge in [0.25, 0.3) is 0 Å². The first-order chi connectivity index (χ1) is 11.0. The Hall–Kier alpha value is -2.23. The van der Waals surface area contributed by atoms with Crippen molar-refractivity contribution in [3.8, 4) is 5.75 Å². The van der Waals surface area contributed by atoms with Gasteiger partial charge in [0, 0.05) is 24.6 Å². The number of furan rings is 1. The number of fused-ring (bicyclic) bond motifs is 1. The van der Waals surface area contributed by atoms with E-state index in [4.69, 9.17) is 9.15 Å². The molecule has 2 rings (SSSR count). The smallest absolute Gasteiger partial charge is 0.246 e. The van der Waals surface area contributed by atoms with E-state index >= 15 is 0 Å². The fourth-order valence-corrected chi connectivity index (χ4v) is 2.46. The fraction of sp³-hybridized carbons (Fsp3) is 0.421. The largest absolute Gasteiger partial charge is 0.487 e. The van der Waals surface area contributed by atoms with Crippen LogP contribution in [-0.2, 0) is 4.79 Å². The van der Waals surface area contributed by atoms with Gasteiger partial charge in [-0.15, -0.1) is 0 Å². The molecule has 0 aliphatic carbocycles. The number of allylic oxidation sites excluding steroid dienone is 1. The summed E-state index contributed by atoms with van der Waals surface area (Å²) in [7, 11) is 0. The molecule has 0 saturated heterocycles. The van der Waals surface area contributed by atoms with Crippen molar-refractivity contribution in [1.82, 2.24) is 4.90 Å². The van der Waals surface area contributed by atoms with Gasteiger partial charge in [-0.3, -0.25) is 4.79 Å². The van der Waals surface area contributed by atoms with Crippen LogP contribution >= 0.6 is 0 Å². The van der Waals surface area contributed by atoms with Crippen molar-refractivity contribution < 1.29 is 13.9 Å². The summed E-state index contributed by atoms with van der Waals surface area (Å²) < 4.78 is 11.7. The zero-order chi connectivity index (χ0) is 17.0. The topological polar surface area (TPSA) is 42.7 Å². The van der Waals surface area contributed by atoms with Gasteiger partial charge in [0.2, 0.25) is 5.91 Å². The number of carbonyl (C=O) groups excluding carboxylic acids is 1. The van der Waals surface area contributed by atoms with E-state index in [-0.39, 0.29) is 12.0 Å². The van der Waals surface area contributed by atoms with Crippen molar-refractivity contribution >= 4 is 22.4 Å². The maximum Gasteiger partial charge on any atom is 0.246 e. The second kappa shape index (κ2) is 7.36. The lowest BCUT2D eigenvalue weighted by atomic mass is 10.2. The van der Waals surface area contributed by atoms with Gasteiger partial charge in [-0.2, -0.15) is 0 Å². The van der Waals surface area contributed by atoms with E-state index in [2.05, 4.69) is 0 Å². The van der Waals surface area contributed by atoms with Gasteiger partial charge in [0.05, 0.1) is 6.10 Å². The van der Waals surface area contributed by atoms with Crippen molar-refractivity contribution in [2.24, 2.45) is 0 Å². The number of ether oxygens (including phenoxy) is 1. The van der Waals surface area contributed by atoms with Crippen LogP contribution in [0.3, 0.4) is 0 Å². The van der Waals surface area contributed by atoms with Gasteiger partial charge in [-0.25, -0.2) is 0 Å². The predicted octanol–water partition coefficient (Wildman–Crippen LogP) is 4.49. The van der Waals surface area contributed by atoms with Crippen LogP contribution < -0.4 is 4.74 Å². The minimum absolute atomic E-state index is 0.00612. The number of para-hydroxylation sites is 1. The highest BCUT2D eigenvalue weighted by atomic mass is 16.5. The second-order valence-electron chi connectivity index (χ2n) is 5.79. The average Bonchev–Trinajstić information content (AvgIpc) is 2.93. The number of rotatable bonds is 6. The first-order valence-corrected chi connectivity index (χ1v) is 8.13. The van der Waals surface area contributed by atoms with Gasteiger partial charge >= 0.3 is 0 Å². The molecule has 0 unspecified atom stereocenters. The lowest BCUT2D eigenvalue weighted by Gasteiger charge is -2.16. The SMILES string of the molecule is CCN(CC)C(=O)C=C(C)c1cc2cccc(OC(C)C)c2o1. The normalized spacial score (nSPS) is 12.0. The summed E-state index contributed by atoms with van der Waals surface area (Å²) in [4.78, 5) is 14.0. The average molecular weight is 315 g/mol. The summed E-state index contributed by atoms with van der Waals surface area (Å²) in [5.74, 6) is 1.43. The number of hydrogen-bond acceptors (Lipinski definition) is 3. The van der Waals surface area contributed by atoms with Crippen molar-refractivity contribution in [1.29, 1.82) is 0 Å². The number of nitrogens with zero attached hydrogens (tertiary/aromatic N) is 1. The van der Waals surface area contributed by atoms with Crippen LogP contribution in [0.25, 0.3) is 16.5 Å². The summed E-state index contributed by atoms with van der Waals surface area (Å²) in [5.41, 5.74) is 1.54. The maximum atomic E-state index is 12.2. The third-order valence-electron chi connectivity index (χ3n) is 3.67. The lowest BCUT2D eigenvalue weighted by molar-refractivity contribution is -0.125. The Labute approximate surface area is 137 Å². The van der Waals surface area contributed by atoms with Crippen LogP contribution in [0, 0.1) is 0 Å².